The Kier molecular flexibility index (Phi) is 4.32. The van der Waals surface area contributed by atoms with Crippen LogP contribution in [0.4, 0.5) is 0 Å². The Balaban J connectivity index is 4.20. The molecule has 0 unspecified atom stereocenters. The fourth-order valence-electron chi connectivity index (χ4n) is 0.571. The molecular weight excluding hydrogens is 154 g/mol. The number of aliphatic hydroxyl groups is 1. The molecule has 64 valence electrons. The number of carbonyl (C=O) groups is 1. The number of rotatable bonds is 2. The Morgan fingerprint density at radius 2 is 2.08 bits per heavy atom. The second kappa shape index (κ2) is 5.03. The first kappa shape index (κ1) is 10.3. The maximum absolute atomic E-state index is 10.5. The van der Waals surface area contributed by atoms with Gasteiger partial charge in [0.25, 0.3) is 0 Å². The standard InChI is InChI=1S/C9H11NO2/c1-4-9(12)6-5-7(2)10-8(3)11/h1,5-6,12H,2-3H3,(H,10,11)/b7-5+,9-6+. The number of carbonyl (C=O) groups excluding carboxylic acids is 1. The first-order valence-corrected chi connectivity index (χ1v) is 3.38. The van der Waals surface area contributed by atoms with Gasteiger partial charge in [0.1, 0.15) is 0 Å². The van der Waals surface area contributed by atoms with Gasteiger partial charge in [0.05, 0.1) is 0 Å². The van der Waals surface area contributed by atoms with Crippen LogP contribution in [-0.4, -0.2) is 11.0 Å². The quantitative estimate of drug-likeness (QED) is 0.365. The number of terminal acetylenes is 1. The van der Waals surface area contributed by atoms with E-state index in [4.69, 9.17) is 11.5 Å². The first-order valence-electron chi connectivity index (χ1n) is 3.38. The summed E-state index contributed by atoms with van der Waals surface area (Å²) in [7, 11) is 0. The lowest BCUT2D eigenvalue weighted by atomic mass is 10.3. The Labute approximate surface area is 71.8 Å². The molecule has 0 heterocycles. The number of allylic oxidation sites excluding steroid dienone is 4. The van der Waals surface area contributed by atoms with Gasteiger partial charge in [-0.1, -0.05) is 0 Å². The molecule has 0 aliphatic carbocycles. The van der Waals surface area contributed by atoms with Crippen LogP contribution in [-0.2, 0) is 4.79 Å². The summed E-state index contributed by atoms with van der Waals surface area (Å²) in [5.74, 6) is 1.71. The molecule has 1 amide bonds. The van der Waals surface area contributed by atoms with Gasteiger partial charge < -0.3 is 10.4 Å². The lowest BCUT2D eigenvalue weighted by Crippen LogP contribution is -2.16. The van der Waals surface area contributed by atoms with Gasteiger partial charge in [-0.05, 0) is 25.0 Å². The zero-order valence-electron chi connectivity index (χ0n) is 7.09. The summed E-state index contributed by atoms with van der Waals surface area (Å²) in [5.41, 5.74) is 0.629. The third kappa shape index (κ3) is 5.12. The van der Waals surface area contributed by atoms with Crippen molar-refractivity contribution in [3.8, 4) is 12.3 Å². The van der Waals surface area contributed by atoms with Gasteiger partial charge >= 0.3 is 0 Å². The Morgan fingerprint density at radius 1 is 1.50 bits per heavy atom. The van der Waals surface area contributed by atoms with E-state index in [1.807, 2.05) is 5.92 Å². The van der Waals surface area contributed by atoms with Gasteiger partial charge in [-0.3, -0.25) is 4.79 Å². The molecule has 0 aliphatic rings. The molecule has 0 fully saturated rings. The normalized spacial score (nSPS) is 12.1. The van der Waals surface area contributed by atoms with E-state index in [0.717, 1.165) is 0 Å². The summed E-state index contributed by atoms with van der Waals surface area (Å²) in [6.07, 6.45) is 7.74. The van der Waals surface area contributed by atoms with Crippen molar-refractivity contribution in [3.05, 3.63) is 23.6 Å². The van der Waals surface area contributed by atoms with Gasteiger partial charge in [0.2, 0.25) is 5.91 Å². The lowest BCUT2D eigenvalue weighted by molar-refractivity contribution is -0.118. The van der Waals surface area contributed by atoms with Crippen LogP contribution in [0.1, 0.15) is 13.8 Å². The van der Waals surface area contributed by atoms with Gasteiger partial charge in [-0.15, -0.1) is 6.42 Å². The van der Waals surface area contributed by atoms with Crippen LogP contribution >= 0.6 is 0 Å². The van der Waals surface area contributed by atoms with E-state index in [1.165, 1.54) is 19.1 Å². The van der Waals surface area contributed by atoms with Crippen molar-refractivity contribution >= 4 is 5.91 Å². The second-order valence-electron chi connectivity index (χ2n) is 2.23. The molecule has 0 aromatic carbocycles. The van der Waals surface area contributed by atoms with Crippen molar-refractivity contribution in [1.29, 1.82) is 0 Å². The fourth-order valence-corrected chi connectivity index (χ4v) is 0.571. The van der Waals surface area contributed by atoms with Gasteiger partial charge in [0, 0.05) is 12.6 Å². The lowest BCUT2D eigenvalue weighted by Gasteiger charge is -1.98. The number of hydrogen-bond donors (Lipinski definition) is 2. The molecule has 3 heteroatoms. The van der Waals surface area contributed by atoms with Crippen LogP contribution in [0, 0.1) is 12.3 Å². The topological polar surface area (TPSA) is 49.3 Å². The van der Waals surface area contributed by atoms with Gasteiger partial charge in [0.15, 0.2) is 5.76 Å². The summed E-state index contributed by atoms with van der Waals surface area (Å²) in [6, 6.07) is 0. The van der Waals surface area contributed by atoms with Crippen LogP contribution in [0.2, 0.25) is 0 Å². The van der Waals surface area contributed by atoms with E-state index in [2.05, 4.69) is 5.32 Å². The van der Waals surface area contributed by atoms with E-state index in [-0.39, 0.29) is 11.7 Å². The monoisotopic (exact) mass is 165 g/mol. The highest BCUT2D eigenvalue weighted by Crippen LogP contribution is 1.91. The summed E-state index contributed by atoms with van der Waals surface area (Å²) in [4.78, 5) is 10.5. The molecule has 0 aromatic rings. The van der Waals surface area contributed by atoms with Crippen LogP contribution in [0.25, 0.3) is 0 Å². The zero-order chi connectivity index (χ0) is 9.56. The molecule has 3 nitrogen and oxygen atoms in total. The highest BCUT2D eigenvalue weighted by Gasteiger charge is 1.90. The third-order valence-corrected chi connectivity index (χ3v) is 1.01. The fraction of sp³-hybridized carbons (Fsp3) is 0.222. The van der Waals surface area contributed by atoms with E-state index in [0.29, 0.717) is 5.70 Å². The second-order valence-corrected chi connectivity index (χ2v) is 2.23. The van der Waals surface area contributed by atoms with E-state index in [1.54, 1.807) is 6.92 Å². The van der Waals surface area contributed by atoms with Crippen LogP contribution in [0.15, 0.2) is 23.6 Å². The van der Waals surface area contributed by atoms with E-state index < -0.39 is 0 Å². The molecule has 0 atom stereocenters. The smallest absolute Gasteiger partial charge is 0.220 e. The number of nitrogens with one attached hydrogen (secondary N) is 1. The van der Waals surface area contributed by atoms with Crippen LogP contribution in [0.5, 0.6) is 0 Å². The maximum Gasteiger partial charge on any atom is 0.220 e. The SMILES string of the molecule is C#C/C(O)=C\C=C(/C)NC(C)=O. The molecule has 0 aromatic heterocycles. The number of hydrogen-bond acceptors (Lipinski definition) is 2. The van der Waals surface area contributed by atoms with E-state index in [9.17, 15) is 4.79 Å². The molecule has 0 radical (unpaired) electrons. The molecule has 0 rings (SSSR count). The minimum Gasteiger partial charge on any atom is -0.501 e. The van der Waals surface area contributed by atoms with Crippen molar-refractivity contribution < 1.29 is 9.90 Å². The molecule has 12 heavy (non-hydrogen) atoms. The van der Waals surface area contributed by atoms with Crippen molar-refractivity contribution in [3.63, 3.8) is 0 Å². The molecule has 0 saturated carbocycles. The summed E-state index contributed by atoms with van der Waals surface area (Å²) < 4.78 is 0. The Bertz CT molecular complexity index is 269. The molecule has 0 bridgehead atoms. The molecule has 0 spiro atoms. The predicted molar refractivity (Wildman–Crippen MR) is 47.1 cm³/mol. The van der Waals surface area contributed by atoms with Crippen LogP contribution in [0.3, 0.4) is 0 Å². The van der Waals surface area contributed by atoms with Gasteiger partial charge in [-0.2, -0.15) is 0 Å². The van der Waals surface area contributed by atoms with Crippen molar-refractivity contribution in [1.82, 2.24) is 5.32 Å². The van der Waals surface area contributed by atoms with Gasteiger partial charge in [-0.25, -0.2) is 0 Å². The molecular formula is C9H11NO2. The summed E-state index contributed by atoms with van der Waals surface area (Å²) >= 11 is 0. The summed E-state index contributed by atoms with van der Waals surface area (Å²) in [6.45, 7) is 3.10. The van der Waals surface area contributed by atoms with Crippen molar-refractivity contribution in [2.24, 2.45) is 0 Å². The minimum absolute atomic E-state index is 0.155. The maximum atomic E-state index is 10.5. The van der Waals surface area contributed by atoms with Crippen molar-refractivity contribution in [2.45, 2.75) is 13.8 Å². The van der Waals surface area contributed by atoms with E-state index >= 15 is 0 Å². The third-order valence-electron chi connectivity index (χ3n) is 1.01. The van der Waals surface area contributed by atoms with Crippen LogP contribution < -0.4 is 5.32 Å². The largest absolute Gasteiger partial charge is 0.501 e. The first-order chi connectivity index (χ1) is 5.56. The molecule has 2 N–H and O–H groups in total. The number of aliphatic hydroxyl groups excluding tert-OH is 1. The average molecular weight is 165 g/mol. The Morgan fingerprint density at radius 3 is 2.50 bits per heavy atom. The minimum atomic E-state index is -0.167. The molecule has 0 aliphatic heterocycles. The zero-order valence-corrected chi connectivity index (χ0v) is 7.09. The average Bonchev–Trinajstić information content (AvgIpc) is 1.99. The predicted octanol–water partition coefficient (Wildman–Crippen LogP) is 1.10. The highest BCUT2D eigenvalue weighted by atomic mass is 16.3. The highest BCUT2D eigenvalue weighted by molar-refractivity contribution is 5.74. The van der Waals surface area contributed by atoms with Crippen molar-refractivity contribution in [2.75, 3.05) is 0 Å². The summed E-state index contributed by atoms with van der Waals surface area (Å²) in [5, 5.41) is 11.3. The Hall–Kier alpha value is -1.69. The number of amides is 1. The molecule has 0 saturated heterocycles.